The molecule has 0 saturated heterocycles. The summed E-state index contributed by atoms with van der Waals surface area (Å²) in [5, 5.41) is 10.2. The number of halogens is 1. The van der Waals surface area contributed by atoms with E-state index >= 15 is 0 Å². The molecule has 0 saturated carbocycles. The van der Waals surface area contributed by atoms with E-state index in [9.17, 15) is 4.39 Å². The van der Waals surface area contributed by atoms with E-state index in [1.54, 1.807) is 24.7 Å². The zero-order valence-corrected chi connectivity index (χ0v) is 17.0. The molecule has 0 aliphatic carbocycles. The Labute approximate surface area is 180 Å². The van der Waals surface area contributed by atoms with Gasteiger partial charge in [0.1, 0.15) is 5.82 Å². The summed E-state index contributed by atoms with van der Waals surface area (Å²) >= 11 is 0. The van der Waals surface area contributed by atoms with Crippen LogP contribution in [0.15, 0.2) is 80.2 Å². The summed E-state index contributed by atoms with van der Waals surface area (Å²) in [7, 11) is 0. The van der Waals surface area contributed by atoms with Gasteiger partial charge in [-0.25, -0.2) is 9.37 Å². The third-order valence-electron chi connectivity index (χ3n) is 4.85. The van der Waals surface area contributed by atoms with E-state index in [0.717, 1.165) is 47.5 Å². The van der Waals surface area contributed by atoms with Crippen molar-refractivity contribution in [1.82, 2.24) is 25.1 Å². The number of aromatic amines is 1. The smallest absolute Gasteiger partial charge is 0.123 e. The molecular weight excluding hydrogens is 389 g/mol. The highest BCUT2D eigenvalue weighted by Gasteiger charge is 2.07. The van der Waals surface area contributed by atoms with Crippen LogP contribution in [-0.4, -0.2) is 26.3 Å². The van der Waals surface area contributed by atoms with Crippen LogP contribution in [0, 0.1) is 17.7 Å². The summed E-state index contributed by atoms with van der Waals surface area (Å²) in [5.74, 6) is 6.06. The quantitative estimate of drug-likeness (QED) is 0.352. The highest BCUT2D eigenvalue weighted by Crippen LogP contribution is 2.20. The van der Waals surface area contributed by atoms with Crippen molar-refractivity contribution < 1.29 is 4.39 Å². The van der Waals surface area contributed by atoms with Gasteiger partial charge in [0, 0.05) is 42.0 Å². The minimum Gasteiger partial charge on any atom is -0.385 e. The first-order valence-electron chi connectivity index (χ1n) is 10.00. The molecule has 0 aliphatic heterocycles. The summed E-state index contributed by atoms with van der Waals surface area (Å²) in [6.07, 6.45) is 11.0. The first-order valence-corrected chi connectivity index (χ1v) is 10.00. The fourth-order valence-corrected chi connectivity index (χ4v) is 3.17. The molecular formula is C25H22FN5. The Bertz CT molecular complexity index is 1200. The SMILES string of the molecule is C=C(NCCCc1cn[nH]c1)c1ccc(-n2ccnc2)c(C#Cc2ccc(F)cc2)c1. The molecule has 0 bridgehead atoms. The molecule has 4 aromatic rings. The van der Waals surface area contributed by atoms with Crippen molar-refractivity contribution in [3.05, 3.63) is 108 Å². The number of imidazole rings is 1. The van der Waals surface area contributed by atoms with Crippen molar-refractivity contribution in [3.63, 3.8) is 0 Å². The van der Waals surface area contributed by atoms with Crippen molar-refractivity contribution in [2.75, 3.05) is 6.54 Å². The first kappa shape index (κ1) is 20.2. The molecule has 0 unspecified atom stereocenters. The predicted molar refractivity (Wildman–Crippen MR) is 120 cm³/mol. The lowest BCUT2D eigenvalue weighted by Gasteiger charge is -2.12. The van der Waals surface area contributed by atoms with Gasteiger partial charge in [0.15, 0.2) is 0 Å². The Balaban J connectivity index is 1.52. The normalized spacial score (nSPS) is 10.4. The fraction of sp³-hybridized carbons (Fsp3) is 0.120. The number of nitrogens with one attached hydrogen (secondary N) is 2. The van der Waals surface area contributed by atoms with Crippen LogP contribution < -0.4 is 5.32 Å². The minimum absolute atomic E-state index is 0.276. The number of nitrogens with zero attached hydrogens (tertiary/aromatic N) is 3. The number of hydrogen-bond donors (Lipinski definition) is 2. The van der Waals surface area contributed by atoms with Gasteiger partial charge < -0.3 is 9.88 Å². The Morgan fingerprint density at radius 1 is 1.16 bits per heavy atom. The van der Waals surface area contributed by atoms with Crippen LogP contribution in [0.1, 0.15) is 28.7 Å². The number of H-pyrrole nitrogens is 1. The monoisotopic (exact) mass is 411 g/mol. The molecule has 0 aliphatic rings. The second-order valence-corrected chi connectivity index (χ2v) is 7.07. The number of hydrogen-bond acceptors (Lipinski definition) is 3. The molecule has 0 amide bonds. The zero-order chi connectivity index (χ0) is 21.5. The minimum atomic E-state index is -0.276. The standard InChI is InChI=1S/C25H22FN5/c1-19(28-12-2-3-21-16-29-30-17-21)22-8-11-25(31-14-13-27-18-31)23(15-22)7-4-20-5-9-24(26)10-6-20/h5-6,8-11,13-18,28H,1-3,12H2,(H,29,30). The van der Waals surface area contributed by atoms with E-state index in [-0.39, 0.29) is 5.82 Å². The predicted octanol–water partition coefficient (Wildman–Crippen LogP) is 4.33. The molecule has 2 aromatic heterocycles. The maximum atomic E-state index is 13.2. The van der Waals surface area contributed by atoms with Crippen LogP contribution in [0.2, 0.25) is 0 Å². The van der Waals surface area contributed by atoms with Gasteiger partial charge in [-0.3, -0.25) is 5.10 Å². The van der Waals surface area contributed by atoms with Crippen LogP contribution in [0.25, 0.3) is 11.4 Å². The van der Waals surface area contributed by atoms with E-state index < -0.39 is 0 Å². The number of aryl methyl sites for hydroxylation is 1. The average Bonchev–Trinajstić information content (AvgIpc) is 3.50. The number of aromatic nitrogens is 4. The Morgan fingerprint density at radius 2 is 2.03 bits per heavy atom. The topological polar surface area (TPSA) is 58.5 Å². The van der Waals surface area contributed by atoms with Crippen LogP contribution in [0.4, 0.5) is 4.39 Å². The van der Waals surface area contributed by atoms with E-state index in [1.165, 1.54) is 17.7 Å². The Morgan fingerprint density at radius 3 is 2.77 bits per heavy atom. The molecule has 0 radical (unpaired) electrons. The van der Waals surface area contributed by atoms with Gasteiger partial charge in [-0.05, 0) is 60.4 Å². The maximum absolute atomic E-state index is 13.2. The van der Waals surface area contributed by atoms with Gasteiger partial charge >= 0.3 is 0 Å². The summed E-state index contributed by atoms with van der Waals surface area (Å²) in [5.41, 5.74) is 5.50. The Kier molecular flexibility index (Phi) is 6.24. The van der Waals surface area contributed by atoms with Gasteiger partial charge in [0.25, 0.3) is 0 Å². The third kappa shape index (κ3) is 5.28. The van der Waals surface area contributed by atoms with Crippen molar-refractivity contribution >= 4 is 5.70 Å². The first-order chi connectivity index (χ1) is 15.2. The van der Waals surface area contributed by atoms with Crippen molar-refractivity contribution in [3.8, 4) is 17.5 Å². The molecule has 31 heavy (non-hydrogen) atoms. The van der Waals surface area contributed by atoms with E-state index in [2.05, 4.69) is 38.9 Å². The van der Waals surface area contributed by atoms with E-state index in [0.29, 0.717) is 0 Å². The Hall–Kier alpha value is -4.11. The van der Waals surface area contributed by atoms with Gasteiger partial charge in [-0.15, -0.1) is 0 Å². The molecule has 2 N–H and O–H groups in total. The molecule has 0 fully saturated rings. The highest BCUT2D eigenvalue weighted by molar-refractivity contribution is 5.67. The third-order valence-corrected chi connectivity index (χ3v) is 4.85. The number of rotatable bonds is 7. The van der Waals surface area contributed by atoms with Gasteiger partial charge in [0.05, 0.1) is 18.2 Å². The molecule has 154 valence electrons. The molecule has 4 rings (SSSR count). The van der Waals surface area contributed by atoms with Crippen LogP contribution in [0.3, 0.4) is 0 Å². The maximum Gasteiger partial charge on any atom is 0.123 e. The van der Waals surface area contributed by atoms with Crippen molar-refractivity contribution in [2.45, 2.75) is 12.8 Å². The molecule has 2 aromatic carbocycles. The zero-order valence-electron chi connectivity index (χ0n) is 17.0. The summed E-state index contributed by atoms with van der Waals surface area (Å²) in [6.45, 7) is 4.99. The lowest BCUT2D eigenvalue weighted by Crippen LogP contribution is -2.14. The fourth-order valence-electron chi connectivity index (χ4n) is 3.17. The van der Waals surface area contributed by atoms with Crippen LogP contribution in [-0.2, 0) is 6.42 Å². The van der Waals surface area contributed by atoms with Crippen LogP contribution in [0.5, 0.6) is 0 Å². The molecule has 2 heterocycles. The second kappa shape index (κ2) is 9.59. The van der Waals surface area contributed by atoms with Crippen LogP contribution >= 0.6 is 0 Å². The molecule has 5 nitrogen and oxygen atoms in total. The molecule has 0 atom stereocenters. The average molecular weight is 411 g/mol. The van der Waals surface area contributed by atoms with Crippen molar-refractivity contribution in [1.29, 1.82) is 0 Å². The van der Waals surface area contributed by atoms with Gasteiger partial charge in [-0.2, -0.15) is 5.10 Å². The lowest BCUT2D eigenvalue weighted by molar-refractivity contribution is 0.627. The van der Waals surface area contributed by atoms with Gasteiger partial charge in [0.2, 0.25) is 0 Å². The number of benzene rings is 2. The van der Waals surface area contributed by atoms with Gasteiger partial charge in [-0.1, -0.05) is 24.5 Å². The molecule has 6 heteroatoms. The summed E-state index contributed by atoms with van der Waals surface area (Å²) < 4.78 is 15.1. The lowest BCUT2D eigenvalue weighted by atomic mass is 10.1. The molecule has 0 spiro atoms. The van der Waals surface area contributed by atoms with E-state index in [4.69, 9.17) is 0 Å². The summed E-state index contributed by atoms with van der Waals surface area (Å²) in [6, 6.07) is 12.2. The highest BCUT2D eigenvalue weighted by atomic mass is 19.1. The second-order valence-electron chi connectivity index (χ2n) is 7.07. The van der Waals surface area contributed by atoms with E-state index in [1.807, 2.05) is 41.4 Å². The van der Waals surface area contributed by atoms with Crippen molar-refractivity contribution in [2.24, 2.45) is 0 Å². The largest absolute Gasteiger partial charge is 0.385 e. The summed E-state index contributed by atoms with van der Waals surface area (Å²) in [4.78, 5) is 4.13.